The Bertz CT molecular complexity index is 2130. The van der Waals surface area contributed by atoms with Gasteiger partial charge in [0.15, 0.2) is 0 Å². The van der Waals surface area contributed by atoms with Crippen molar-refractivity contribution >= 4 is 23.3 Å². The van der Waals surface area contributed by atoms with Gasteiger partial charge in [0, 0.05) is 66.7 Å². The summed E-state index contributed by atoms with van der Waals surface area (Å²) in [4.78, 5) is 46.6. The van der Waals surface area contributed by atoms with Gasteiger partial charge in [-0.2, -0.15) is 5.10 Å². The SMILES string of the molecule is Cn1cc(C(=O)Nc2ccc(-c3cc(-c4cnn(C5CCNCC5)c4)cnc3N)c(F)c2)c(=O)c(-c2ccc(F)cc2)c1C(=O)N1CCC1. The number of benzene rings is 2. The standard InChI is InChI=1S/C36H34F2N8O3/c1-44-20-29(33(47)31(21-3-5-24(37)6-4-21)32(44)36(49)45-13-2-14-45)35(48)43-25-7-8-27(30(38)16-25)28-15-22(17-41-34(28)39)23-18-42-46(19-23)26-9-11-40-12-10-26/h3-8,15-20,26,40H,2,9-14H2,1H3,(H2,39,41)(H,43,48). The van der Waals surface area contributed by atoms with Crippen LogP contribution in [0.15, 0.2) is 78.1 Å². The third-order valence-electron chi connectivity index (χ3n) is 9.16. The summed E-state index contributed by atoms with van der Waals surface area (Å²) in [7, 11) is 1.57. The molecular formula is C36H34F2N8O3. The van der Waals surface area contributed by atoms with Crippen LogP contribution < -0.4 is 21.8 Å². The van der Waals surface area contributed by atoms with E-state index >= 15 is 4.39 Å². The van der Waals surface area contributed by atoms with Gasteiger partial charge in [0.2, 0.25) is 5.43 Å². The van der Waals surface area contributed by atoms with Gasteiger partial charge in [0.05, 0.1) is 17.8 Å². The second-order valence-corrected chi connectivity index (χ2v) is 12.4. The number of halogens is 2. The molecule has 0 saturated carbocycles. The lowest BCUT2D eigenvalue weighted by Crippen LogP contribution is -2.44. The minimum atomic E-state index is -0.798. The van der Waals surface area contributed by atoms with E-state index in [0.29, 0.717) is 30.3 Å². The molecule has 2 aromatic carbocycles. The summed E-state index contributed by atoms with van der Waals surface area (Å²) in [5.74, 6) is -2.20. The van der Waals surface area contributed by atoms with Crippen LogP contribution in [0.5, 0.6) is 0 Å². The molecule has 250 valence electrons. The minimum absolute atomic E-state index is 0.0160. The number of nitrogens with zero attached hydrogens (tertiary/aromatic N) is 5. The molecular weight excluding hydrogens is 630 g/mol. The van der Waals surface area contributed by atoms with Crippen molar-refractivity contribution in [3.8, 4) is 33.4 Å². The van der Waals surface area contributed by atoms with Gasteiger partial charge in [-0.3, -0.25) is 19.1 Å². The first-order chi connectivity index (χ1) is 23.7. The summed E-state index contributed by atoms with van der Waals surface area (Å²) in [5, 5.41) is 10.5. The highest BCUT2D eigenvalue weighted by Gasteiger charge is 2.30. The van der Waals surface area contributed by atoms with E-state index in [1.54, 1.807) is 30.4 Å². The summed E-state index contributed by atoms with van der Waals surface area (Å²) in [5.41, 5.74) is 7.80. The number of pyridine rings is 2. The van der Waals surface area contributed by atoms with E-state index in [9.17, 15) is 18.8 Å². The molecule has 2 saturated heterocycles. The van der Waals surface area contributed by atoms with Crippen molar-refractivity contribution in [3.63, 3.8) is 0 Å². The Hall–Kier alpha value is -5.69. The largest absolute Gasteiger partial charge is 0.383 e. The van der Waals surface area contributed by atoms with Crippen LogP contribution in [0.4, 0.5) is 20.3 Å². The number of nitrogen functional groups attached to an aromatic ring is 1. The highest BCUT2D eigenvalue weighted by atomic mass is 19.1. The van der Waals surface area contributed by atoms with Crippen LogP contribution in [0.25, 0.3) is 33.4 Å². The van der Waals surface area contributed by atoms with Gasteiger partial charge in [0.25, 0.3) is 11.8 Å². The molecule has 2 amide bonds. The molecule has 2 aliphatic heterocycles. The van der Waals surface area contributed by atoms with E-state index in [4.69, 9.17) is 5.73 Å². The Balaban J connectivity index is 1.17. The fourth-order valence-electron chi connectivity index (χ4n) is 6.33. The van der Waals surface area contributed by atoms with Crippen LogP contribution >= 0.6 is 0 Å². The number of hydrogen-bond acceptors (Lipinski definition) is 7. The number of anilines is 2. The molecule has 0 bridgehead atoms. The Morgan fingerprint density at radius 3 is 2.39 bits per heavy atom. The van der Waals surface area contributed by atoms with Gasteiger partial charge in [-0.1, -0.05) is 12.1 Å². The lowest BCUT2D eigenvalue weighted by Gasteiger charge is -2.32. The summed E-state index contributed by atoms with van der Waals surface area (Å²) < 4.78 is 32.8. The average Bonchev–Trinajstić information content (AvgIpc) is 3.57. The number of carbonyl (C=O) groups excluding carboxylic acids is 2. The van der Waals surface area contributed by atoms with E-state index in [0.717, 1.165) is 49.5 Å². The second-order valence-electron chi connectivity index (χ2n) is 12.4. The van der Waals surface area contributed by atoms with Crippen molar-refractivity contribution in [2.24, 2.45) is 7.05 Å². The molecule has 13 heteroatoms. The summed E-state index contributed by atoms with van der Waals surface area (Å²) >= 11 is 0. The number of rotatable bonds is 7. The highest BCUT2D eigenvalue weighted by molar-refractivity contribution is 6.07. The maximum atomic E-state index is 15.7. The Morgan fingerprint density at radius 1 is 0.939 bits per heavy atom. The molecule has 49 heavy (non-hydrogen) atoms. The number of likely N-dealkylation sites (tertiary alicyclic amines) is 1. The zero-order valence-electron chi connectivity index (χ0n) is 26.7. The van der Waals surface area contributed by atoms with E-state index in [2.05, 4.69) is 20.7 Å². The average molecular weight is 665 g/mol. The number of aryl methyl sites for hydroxylation is 1. The van der Waals surface area contributed by atoms with Crippen LogP contribution in [0.1, 0.15) is 46.2 Å². The van der Waals surface area contributed by atoms with Crippen LogP contribution in [-0.2, 0) is 7.05 Å². The van der Waals surface area contributed by atoms with Gasteiger partial charge < -0.3 is 25.8 Å². The molecule has 4 N–H and O–H groups in total. The van der Waals surface area contributed by atoms with Crippen molar-refractivity contribution in [1.29, 1.82) is 0 Å². The predicted molar refractivity (Wildman–Crippen MR) is 182 cm³/mol. The molecule has 11 nitrogen and oxygen atoms in total. The molecule has 2 fully saturated rings. The maximum Gasteiger partial charge on any atom is 0.271 e. The zero-order valence-corrected chi connectivity index (χ0v) is 26.7. The topological polar surface area (TPSA) is 140 Å². The number of amides is 2. The Morgan fingerprint density at radius 2 is 1.69 bits per heavy atom. The predicted octanol–water partition coefficient (Wildman–Crippen LogP) is 4.86. The quantitative estimate of drug-likeness (QED) is 0.226. The summed E-state index contributed by atoms with van der Waals surface area (Å²) in [6.07, 6.45) is 9.43. The van der Waals surface area contributed by atoms with Gasteiger partial charge in [-0.05, 0) is 74.3 Å². The van der Waals surface area contributed by atoms with E-state index < -0.39 is 23.0 Å². The molecule has 0 radical (unpaired) electrons. The molecule has 5 aromatic rings. The number of piperidine rings is 1. The summed E-state index contributed by atoms with van der Waals surface area (Å²) in [6.45, 7) is 2.97. The van der Waals surface area contributed by atoms with Crippen LogP contribution in [0.2, 0.25) is 0 Å². The first-order valence-electron chi connectivity index (χ1n) is 16.1. The molecule has 3 aromatic heterocycles. The lowest BCUT2D eigenvalue weighted by atomic mass is 9.98. The molecule has 0 atom stereocenters. The Kier molecular flexibility index (Phi) is 8.51. The second kappa shape index (κ2) is 13.1. The van der Waals surface area contributed by atoms with Crippen molar-refractivity contribution in [1.82, 2.24) is 29.5 Å². The first kappa shape index (κ1) is 31.9. The first-order valence-corrected chi connectivity index (χ1v) is 16.1. The van der Waals surface area contributed by atoms with Crippen molar-refractivity contribution in [3.05, 3.63) is 106 Å². The normalized spacial score (nSPS) is 14.8. The van der Waals surface area contributed by atoms with Gasteiger partial charge in [-0.15, -0.1) is 0 Å². The van der Waals surface area contributed by atoms with E-state index in [1.165, 1.54) is 47.2 Å². The number of hydrogen-bond donors (Lipinski definition) is 3. The zero-order chi connectivity index (χ0) is 34.2. The van der Waals surface area contributed by atoms with Crippen molar-refractivity contribution in [2.75, 3.05) is 37.2 Å². The highest BCUT2D eigenvalue weighted by Crippen LogP contribution is 2.33. The van der Waals surface area contributed by atoms with E-state index in [-0.39, 0.29) is 39.8 Å². The Labute approximate surface area is 280 Å². The van der Waals surface area contributed by atoms with Crippen LogP contribution in [-0.4, -0.2) is 62.2 Å². The maximum absolute atomic E-state index is 15.7. The van der Waals surface area contributed by atoms with Crippen molar-refractivity contribution < 1.29 is 18.4 Å². The fraction of sp³-hybridized carbons (Fsp3) is 0.250. The smallest absolute Gasteiger partial charge is 0.271 e. The molecule has 2 aliphatic rings. The molecule has 0 spiro atoms. The number of nitrogens with one attached hydrogen (secondary N) is 2. The number of nitrogens with two attached hydrogens (primary N) is 1. The molecule has 0 aliphatic carbocycles. The van der Waals surface area contributed by atoms with Crippen LogP contribution in [0.3, 0.4) is 0 Å². The summed E-state index contributed by atoms with van der Waals surface area (Å²) in [6, 6.07) is 11.3. The monoisotopic (exact) mass is 664 g/mol. The third kappa shape index (κ3) is 6.20. The van der Waals surface area contributed by atoms with Gasteiger partial charge in [0.1, 0.15) is 28.7 Å². The minimum Gasteiger partial charge on any atom is -0.383 e. The van der Waals surface area contributed by atoms with Crippen LogP contribution in [0, 0.1) is 11.6 Å². The van der Waals surface area contributed by atoms with Gasteiger partial charge >= 0.3 is 0 Å². The third-order valence-corrected chi connectivity index (χ3v) is 9.16. The van der Waals surface area contributed by atoms with Gasteiger partial charge in [-0.25, -0.2) is 13.8 Å². The number of carbonyl (C=O) groups is 2. The van der Waals surface area contributed by atoms with Crippen molar-refractivity contribution in [2.45, 2.75) is 25.3 Å². The molecule has 0 unspecified atom stereocenters. The molecule has 7 rings (SSSR count). The fourth-order valence-corrected chi connectivity index (χ4v) is 6.33. The molecule has 5 heterocycles. The lowest BCUT2D eigenvalue weighted by molar-refractivity contribution is 0.0641. The number of aromatic nitrogens is 4. The van der Waals surface area contributed by atoms with E-state index in [1.807, 2.05) is 10.9 Å².